The first-order valence-electron chi connectivity index (χ1n) is 11.3. The molecule has 0 aliphatic heterocycles. The summed E-state index contributed by atoms with van der Waals surface area (Å²) in [6.45, 7) is 3.60. The largest absolute Gasteiger partial charge is 0.462 e. The smallest absolute Gasteiger partial charge is 0.348 e. The van der Waals surface area contributed by atoms with Gasteiger partial charge in [-0.25, -0.2) is 9.78 Å². The quantitative estimate of drug-likeness (QED) is 0.0886. The first kappa shape index (κ1) is 26.5. The predicted octanol–water partition coefficient (Wildman–Crippen LogP) is 6.39. The van der Waals surface area contributed by atoms with Crippen LogP contribution in [-0.4, -0.2) is 28.4 Å². The zero-order valence-corrected chi connectivity index (χ0v) is 21.9. The number of anilines is 1. The molecule has 1 aromatic heterocycles. The lowest BCUT2D eigenvalue weighted by Gasteiger charge is -2.07. The van der Waals surface area contributed by atoms with E-state index in [0.29, 0.717) is 31.6 Å². The highest BCUT2D eigenvalue weighted by molar-refractivity contribution is 8.01. The van der Waals surface area contributed by atoms with Crippen LogP contribution in [0.25, 0.3) is 16.3 Å². The van der Waals surface area contributed by atoms with Gasteiger partial charge in [-0.2, -0.15) is 5.26 Å². The molecule has 0 aliphatic carbocycles. The number of aromatic nitrogens is 1. The Kier molecular flexibility index (Phi) is 8.15. The minimum Gasteiger partial charge on any atom is -0.462 e. The maximum absolute atomic E-state index is 12.7. The summed E-state index contributed by atoms with van der Waals surface area (Å²) in [6.07, 6.45) is 1.25. The van der Waals surface area contributed by atoms with Crippen molar-refractivity contribution in [1.82, 2.24) is 4.98 Å². The van der Waals surface area contributed by atoms with Gasteiger partial charge < -0.3 is 10.1 Å². The van der Waals surface area contributed by atoms with Crippen LogP contribution in [0.1, 0.15) is 28.4 Å². The number of nitriles is 1. The number of aryl methyl sites for hydroxylation is 1. The van der Waals surface area contributed by atoms with Gasteiger partial charge in [0.2, 0.25) is 0 Å². The molecule has 0 saturated carbocycles. The summed E-state index contributed by atoms with van der Waals surface area (Å²) in [6, 6.07) is 18.9. The van der Waals surface area contributed by atoms with Gasteiger partial charge in [-0.1, -0.05) is 36.0 Å². The number of carbonyl (C=O) groups is 2. The van der Waals surface area contributed by atoms with E-state index >= 15 is 0 Å². The third-order valence-electron chi connectivity index (χ3n) is 5.32. The standard InChI is InChI=1S/C27H20N4O5S2/c1-3-36-26(33)18(15-28)12-17-8-11-23(22(13-17)31(34)35)37-27-30-21-10-9-19(14-24(21)38-27)29-25(32)20-7-5-4-6-16(20)2/h4-14H,3H2,1-2H3,(H,29,32)/b18-12+. The number of amides is 1. The molecule has 0 fully saturated rings. The number of ether oxygens (including phenoxy) is 1. The van der Waals surface area contributed by atoms with Crippen molar-refractivity contribution >= 4 is 62.6 Å². The summed E-state index contributed by atoms with van der Waals surface area (Å²) < 4.78 is 6.23. The molecule has 1 N–H and O–H groups in total. The van der Waals surface area contributed by atoms with E-state index in [-0.39, 0.29) is 23.8 Å². The van der Waals surface area contributed by atoms with Gasteiger partial charge >= 0.3 is 5.97 Å². The number of nitrogens with zero attached hydrogens (tertiary/aromatic N) is 3. The van der Waals surface area contributed by atoms with E-state index in [1.165, 1.54) is 23.5 Å². The molecule has 0 aliphatic rings. The Hall–Kier alpha value is -4.53. The Morgan fingerprint density at radius 3 is 2.71 bits per heavy atom. The van der Waals surface area contributed by atoms with E-state index in [4.69, 9.17) is 4.74 Å². The van der Waals surface area contributed by atoms with Crippen LogP contribution in [-0.2, 0) is 9.53 Å². The molecule has 3 aromatic carbocycles. The second kappa shape index (κ2) is 11.7. The number of thiazole rings is 1. The molecule has 0 saturated heterocycles. The van der Waals surface area contributed by atoms with E-state index in [2.05, 4.69) is 10.3 Å². The van der Waals surface area contributed by atoms with Crippen molar-refractivity contribution in [2.75, 3.05) is 11.9 Å². The third kappa shape index (κ3) is 6.05. The Balaban J connectivity index is 1.57. The molecule has 190 valence electrons. The van der Waals surface area contributed by atoms with E-state index in [1.807, 2.05) is 31.2 Å². The second-order valence-electron chi connectivity index (χ2n) is 7.91. The van der Waals surface area contributed by atoms with Crippen molar-refractivity contribution < 1.29 is 19.2 Å². The van der Waals surface area contributed by atoms with Crippen molar-refractivity contribution in [3.05, 3.63) is 93.0 Å². The lowest BCUT2D eigenvalue weighted by molar-refractivity contribution is -0.387. The molecule has 0 bridgehead atoms. The van der Waals surface area contributed by atoms with Crippen LogP contribution in [0.2, 0.25) is 0 Å². The van der Waals surface area contributed by atoms with E-state index < -0.39 is 10.9 Å². The second-order valence-corrected chi connectivity index (χ2v) is 10.2. The summed E-state index contributed by atoms with van der Waals surface area (Å²) >= 11 is 2.48. The lowest BCUT2D eigenvalue weighted by Crippen LogP contribution is -2.13. The van der Waals surface area contributed by atoms with Crippen molar-refractivity contribution in [3.63, 3.8) is 0 Å². The van der Waals surface area contributed by atoms with Crippen molar-refractivity contribution in [3.8, 4) is 6.07 Å². The molecule has 1 heterocycles. The number of fused-ring (bicyclic) bond motifs is 1. The van der Waals surface area contributed by atoms with Gasteiger partial charge in [0.1, 0.15) is 11.6 Å². The van der Waals surface area contributed by atoms with Crippen LogP contribution in [0.5, 0.6) is 0 Å². The Labute approximate surface area is 225 Å². The number of hydrogen-bond donors (Lipinski definition) is 1. The minimum absolute atomic E-state index is 0.107. The summed E-state index contributed by atoms with van der Waals surface area (Å²) in [7, 11) is 0. The topological polar surface area (TPSA) is 135 Å². The monoisotopic (exact) mass is 544 g/mol. The van der Waals surface area contributed by atoms with Crippen LogP contribution < -0.4 is 5.32 Å². The molecule has 38 heavy (non-hydrogen) atoms. The highest BCUT2D eigenvalue weighted by Gasteiger charge is 2.19. The molecule has 0 spiro atoms. The zero-order chi connectivity index (χ0) is 27.2. The number of hydrogen-bond acceptors (Lipinski definition) is 9. The number of nitro groups is 1. The number of esters is 1. The maximum atomic E-state index is 12.7. The van der Waals surface area contributed by atoms with Crippen LogP contribution in [0.4, 0.5) is 11.4 Å². The Morgan fingerprint density at radius 1 is 1.21 bits per heavy atom. The number of rotatable bonds is 8. The van der Waals surface area contributed by atoms with Crippen molar-refractivity contribution in [2.45, 2.75) is 23.1 Å². The molecule has 0 radical (unpaired) electrons. The van der Waals surface area contributed by atoms with Crippen molar-refractivity contribution in [2.24, 2.45) is 0 Å². The fourth-order valence-electron chi connectivity index (χ4n) is 3.51. The van der Waals surface area contributed by atoms with Gasteiger partial charge in [0.25, 0.3) is 11.6 Å². The van der Waals surface area contributed by atoms with E-state index in [0.717, 1.165) is 22.0 Å². The molecular formula is C27H20N4O5S2. The molecule has 0 unspecified atom stereocenters. The van der Waals surface area contributed by atoms with Gasteiger partial charge in [-0.3, -0.25) is 14.9 Å². The molecule has 0 atom stereocenters. The fourth-order valence-corrected chi connectivity index (χ4v) is 5.66. The van der Waals surface area contributed by atoms with Gasteiger partial charge in [0, 0.05) is 17.3 Å². The van der Waals surface area contributed by atoms with Crippen LogP contribution >= 0.6 is 23.1 Å². The average molecular weight is 545 g/mol. The van der Waals surface area contributed by atoms with Gasteiger partial charge in [-0.15, -0.1) is 11.3 Å². The molecule has 1 amide bonds. The molecule has 11 heteroatoms. The first-order valence-corrected chi connectivity index (χ1v) is 12.9. The number of nitrogens with one attached hydrogen (secondary N) is 1. The number of carbonyl (C=O) groups excluding carboxylic acids is 2. The Morgan fingerprint density at radius 2 is 2.00 bits per heavy atom. The first-order chi connectivity index (χ1) is 18.3. The predicted molar refractivity (Wildman–Crippen MR) is 146 cm³/mol. The number of nitro benzene ring substituents is 1. The van der Waals surface area contributed by atoms with Gasteiger partial charge in [0.15, 0.2) is 4.34 Å². The summed E-state index contributed by atoms with van der Waals surface area (Å²) in [4.78, 5) is 40.7. The van der Waals surface area contributed by atoms with Crippen LogP contribution in [0.3, 0.4) is 0 Å². The Bertz CT molecular complexity index is 1640. The maximum Gasteiger partial charge on any atom is 0.348 e. The minimum atomic E-state index is -0.792. The molecule has 9 nitrogen and oxygen atoms in total. The molecule has 4 rings (SSSR count). The van der Waals surface area contributed by atoms with Crippen molar-refractivity contribution in [1.29, 1.82) is 5.26 Å². The fraction of sp³-hybridized carbons (Fsp3) is 0.111. The molecule has 4 aromatic rings. The van der Waals surface area contributed by atoms with Crippen LogP contribution in [0.15, 0.2) is 75.5 Å². The third-order valence-corrected chi connectivity index (χ3v) is 7.46. The van der Waals surface area contributed by atoms with Gasteiger partial charge in [0.05, 0.1) is 26.6 Å². The van der Waals surface area contributed by atoms with E-state index in [1.54, 1.807) is 43.3 Å². The van der Waals surface area contributed by atoms with E-state index in [9.17, 15) is 25.0 Å². The molecular weight excluding hydrogens is 524 g/mol. The summed E-state index contributed by atoms with van der Waals surface area (Å²) in [5, 5.41) is 23.9. The van der Waals surface area contributed by atoms with Gasteiger partial charge in [-0.05, 0) is 61.4 Å². The SMILES string of the molecule is CCOC(=O)/C(C#N)=C/c1ccc(Sc2nc3ccc(NC(=O)c4ccccc4C)cc3s2)c([N+](=O)[O-])c1. The summed E-state index contributed by atoms with van der Waals surface area (Å²) in [5.74, 6) is -1.01. The zero-order valence-electron chi connectivity index (χ0n) is 20.3. The average Bonchev–Trinajstić information content (AvgIpc) is 3.29. The normalized spacial score (nSPS) is 11.1. The summed E-state index contributed by atoms with van der Waals surface area (Å²) in [5.41, 5.74) is 2.65. The van der Waals surface area contributed by atoms with Crippen LogP contribution in [0, 0.1) is 28.4 Å². The lowest BCUT2D eigenvalue weighted by atomic mass is 10.1. The highest BCUT2D eigenvalue weighted by Crippen LogP contribution is 2.39. The number of benzene rings is 3. The highest BCUT2D eigenvalue weighted by atomic mass is 32.2.